The maximum atomic E-state index is 6.04. The summed E-state index contributed by atoms with van der Waals surface area (Å²) >= 11 is 11.9. The van der Waals surface area contributed by atoms with Crippen molar-refractivity contribution in [3.8, 4) is 5.75 Å². The van der Waals surface area contributed by atoms with Crippen LogP contribution in [0.15, 0.2) is 36.4 Å². The summed E-state index contributed by atoms with van der Waals surface area (Å²) in [6, 6.07) is 10.4. The van der Waals surface area contributed by atoms with E-state index in [2.05, 4.69) is 0 Å². The van der Waals surface area contributed by atoms with Crippen molar-refractivity contribution in [2.75, 3.05) is 11.5 Å². The lowest BCUT2D eigenvalue weighted by atomic mass is 10.2. The van der Waals surface area contributed by atoms with Gasteiger partial charge in [0.25, 0.3) is 0 Å². The Balaban J connectivity index is 2.11. The first kappa shape index (κ1) is 12.9. The summed E-state index contributed by atoms with van der Waals surface area (Å²) in [6.07, 6.45) is 0. The van der Waals surface area contributed by atoms with Crippen LogP contribution >= 0.6 is 23.2 Å². The van der Waals surface area contributed by atoms with Gasteiger partial charge in [0.1, 0.15) is 12.4 Å². The predicted molar refractivity (Wildman–Crippen MR) is 76.1 cm³/mol. The van der Waals surface area contributed by atoms with Gasteiger partial charge in [0.2, 0.25) is 0 Å². The van der Waals surface area contributed by atoms with E-state index >= 15 is 0 Å². The molecule has 3 nitrogen and oxygen atoms in total. The van der Waals surface area contributed by atoms with Crippen LogP contribution < -0.4 is 16.2 Å². The van der Waals surface area contributed by atoms with Crippen molar-refractivity contribution in [1.82, 2.24) is 0 Å². The molecular weight excluding hydrogens is 271 g/mol. The lowest BCUT2D eigenvalue weighted by molar-refractivity contribution is 0.306. The molecule has 0 amide bonds. The molecule has 0 atom stereocenters. The second-order valence-electron chi connectivity index (χ2n) is 3.82. The first-order valence-corrected chi connectivity index (χ1v) is 6.03. The molecule has 4 N–H and O–H groups in total. The minimum Gasteiger partial charge on any atom is -0.489 e. The van der Waals surface area contributed by atoms with Crippen molar-refractivity contribution in [1.29, 1.82) is 0 Å². The van der Waals surface area contributed by atoms with Crippen LogP contribution in [0.5, 0.6) is 5.75 Å². The molecule has 0 saturated heterocycles. The van der Waals surface area contributed by atoms with Crippen molar-refractivity contribution >= 4 is 34.6 Å². The van der Waals surface area contributed by atoms with E-state index in [0.717, 1.165) is 5.56 Å². The van der Waals surface area contributed by atoms with Gasteiger partial charge in [-0.15, -0.1) is 0 Å². The molecule has 2 rings (SSSR count). The van der Waals surface area contributed by atoms with Crippen LogP contribution in [-0.4, -0.2) is 0 Å². The van der Waals surface area contributed by atoms with Gasteiger partial charge in [-0.05, 0) is 30.3 Å². The highest BCUT2D eigenvalue weighted by Gasteiger charge is 2.04. The summed E-state index contributed by atoms with van der Waals surface area (Å²) in [5.41, 5.74) is 13.2. The van der Waals surface area contributed by atoms with Gasteiger partial charge < -0.3 is 16.2 Å². The summed E-state index contributed by atoms with van der Waals surface area (Å²) in [5, 5.41) is 1.23. The average Bonchev–Trinajstić information content (AvgIpc) is 2.34. The zero-order valence-corrected chi connectivity index (χ0v) is 11.0. The zero-order chi connectivity index (χ0) is 13.1. The fourth-order valence-electron chi connectivity index (χ4n) is 1.46. The monoisotopic (exact) mass is 282 g/mol. The third kappa shape index (κ3) is 3.00. The first-order valence-electron chi connectivity index (χ1n) is 5.28. The summed E-state index contributed by atoms with van der Waals surface area (Å²) in [5.74, 6) is 0.637. The van der Waals surface area contributed by atoms with E-state index in [0.29, 0.717) is 33.8 Å². The van der Waals surface area contributed by atoms with Crippen molar-refractivity contribution in [3.63, 3.8) is 0 Å². The minimum atomic E-state index is 0.322. The number of hydrogen-bond acceptors (Lipinski definition) is 3. The van der Waals surface area contributed by atoms with Gasteiger partial charge in [0.05, 0.1) is 11.4 Å². The second kappa shape index (κ2) is 5.38. The molecule has 2 aromatic rings. The van der Waals surface area contributed by atoms with Crippen LogP contribution in [0.3, 0.4) is 0 Å². The molecule has 0 heterocycles. The summed E-state index contributed by atoms with van der Waals surface area (Å²) in [7, 11) is 0. The van der Waals surface area contributed by atoms with E-state index in [1.165, 1.54) is 0 Å². The third-order valence-corrected chi connectivity index (χ3v) is 3.06. The van der Waals surface area contributed by atoms with Crippen molar-refractivity contribution in [2.24, 2.45) is 0 Å². The highest BCUT2D eigenvalue weighted by Crippen LogP contribution is 2.25. The van der Waals surface area contributed by atoms with Crippen molar-refractivity contribution < 1.29 is 4.74 Å². The minimum absolute atomic E-state index is 0.322. The summed E-state index contributed by atoms with van der Waals surface area (Å²) in [6.45, 7) is 0.322. The molecule has 0 aliphatic heterocycles. The van der Waals surface area contributed by atoms with Crippen LogP contribution in [0.2, 0.25) is 10.0 Å². The van der Waals surface area contributed by atoms with Gasteiger partial charge in [-0.2, -0.15) is 0 Å². The highest BCUT2D eigenvalue weighted by molar-refractivity contribution is 6.33. The van der Waals surface area contributed by atoms with Crippen LogP contribution in [-0.2, 0) is 6.61 Å². The van der Waals surface area contributed by atoms with Gasteiger partial charge in [0.15, 0.2) is 0 Å². The van der Waals surface area contributed by atoms with Crippen molar-refractivity contribution in [3.05, 3.63) is 52.0 Å². The summed E-state index contributed by atoms with van der Waals surface area (Å²) in [4.78, 5) is 0. The first-order chi connectivity index (χ1) is 8.56. The van der Waals surface area contributed by atoms with E-state index in [1.54, 1.807) is 36.4 Å². The molecule has 0 aromatic heterocycles. The molecule has 5 heteroatoms. The Morgan fingerprint density at radius 1 is 0.944 bits per heavy atom. The summed E-state index contributed by atoms with van der Waals surface area (Å²) < 4.78 is 5.59. The highest BCUT2D eigenvalue weighted by atomic mass is 35.5. The molecular formula is C13H12Cl2N2O. The fraction of sp³-hybridized carbons (Fsp3) is 0.0769. The third-order valence-electron chi connectivity index (χ3n) is 2.46. The number of halogens is 2. The SMILES string of the molecule is Nc1ccc(OCc2cc(Cl)ccc2Cl)cc1N. The normalized spacial score (nSPS) is 10.3. The number of ether oxygens (including phenoxy) is 1. The van der Waals surface area contributed by atoms with Gasteiger partial charge in [-0.1, -0.05) is 23.2 Å². The van der Waals surface area contributed by atoms with E-state index in [4.69, 9.17) is 39.4 Å². The van der Waals surface area contributed by atoms with E-state index in [-0.39, 0.29) is 0 Å². The number of anilines is 2. The number of nitrogens with two attached hydrogens (primary N) is 2. The predicted octanol–water partition coefficient (Wildman–Crippen LogP) is 3.74. The second-order valence-corrected chi connectivity index (χ2v) is 4.66. The largest absolute Gasteiger partial charge is 0.489 e. The molecule has 0 aliphatic carbocycles. The molecule has 94 valence electrons. The number of hydrogen-bond donors (Lipinski definition) is 2. The number of nitrogen functional groups attached to an aromatic ring is 2. The molecule has 18 heavy (non-hydrogen) atoms. The lowest BCUT2D eigenvalue weighted by Gasteiger charge is -2.09. The van der Waals surface area contributed by atoms with Gasteiger partial charge in [0, 0.05) is 21.7 Å². The maximum Gasteiger partial charge on any atom is 0.122 e. The fourth-order valence-corrected chi connectivity index (χ4v) is 1.82. The van der Waals surface area contributed by atoms with E-state index < -0.39 is 0 Å². The Labute approximate surface area is 115 Å². The quantitative estimate of drug-likeness (QED) is 0.843. The smallest absolute Gasteiger partial charge is 0.122 e. The van der Waals surface area contributed by atoms with Crippen LogP contribution in [0.4, 0.5) is 11.4 Å². The maximum absolute atomic E-state index is 6.04. The van der Waals surface area contributed by atoms with E-state index in [1.807, 2.05) is 0 Å². The van der Waals surface area contributed by atoms with Crippen molar-refractivity contribution in [2.45, 2.75) is 6.61 Å². The lowest BCUT2D eigenvalue weighted by Crippen LogP contribution is -1.99. The number of rotatable bonds is 3. The Kier molecular flexibility index (Phi) is 3.84. The van der Waals surface area contributed by atoms with Crippen LogP contribution in [0.25, 0.3) is 0 Å². The standard InChI is InChI=1S/C13H12Cl2N2O/c14-9-1-3-11(15)8(5-9)7-18-10-2-4-12(16)13(17)6-10/h1-6H,7,16-17H2. The zero-order valence-electron chi connectivity index (χ0n) is 9.49. The molecule has 0 bridgehead atoms. The van der Waals surface area contributed by atoms with Gasteiger partial charge in [-0.25, -0.2) is 0 Å². The topological polar surface area (TPSA) is 61.3 Å². The molecule has 0 spiro atoms. The molecule has 0 aliphatic rings. The van der Waals surface area contributed by atoms with Crippen LogP contribution in [0.1, 0.15) is 5.56 Å². The average molecular weight is 283 g/mol. The van der Waals surface area contributed by atoms with Gasteiger partial charge in [-0.3, -0.25) is 0 Å². The van der Waals surface area contributed by atoms with Crippen LogP contribution in [0, 0.1) is 0 Å². The Bertz CT molecular complexity index is 573. The number of benzene rings is 2. The Morgan fingerprint density at radius 3 is 2.44 bits per heavy atom. The Morgan fingerprint density at radius 2 is 1.72 bits per heavy atom. The molecule has 0 unspecified atom stereocenters. The molecule has 2 aromatic carbocycles. The van der Waals surface area contributed by atoms with Gasteiger partial charge >= 0.3 is 0 Å². The molecule has 0 fully saturated rings. The van der Waals surface area contributed by atoms with E-state index in [9.17, 15) is 0 Å². The Hall–Kier alpha value is -1.58. The molecule has 0 saturated carbocycles. The molecule has 0 radical (unpaired) electrons.